The van der Waals surface area contributed by atoms with Gasteiger partial charge in [0.2, 0.25) is 4.80 Å². The standard InChI is InChI=1S/C14H9Cl2N3S2/c15-9-4-6-11(7-5-9)17-13-19-14(21-20-13)18-12-3-1-2-10(16)8-12/h1-8H,(H,17,18,19). The summed E-state index contributed by atoms with van der Waals surface area (Å²) in [7, 11) is 3.04. The molecule has 2 aromatic carbocycles. The molecule has 0 aliphatic rings. The molecule has 3 nitrogen and oxygen atoms in total. The first-order valence-corrected chi connectivity index (χ1v) is 8.90. The average Bonchev–Trinajstić information content (AvgIpc) is 2.89. The zero-order valence-corrected chi connectivity index (χ0v) is 13.7. The van der Waals surface area contributed by atoms with Crippen molar-refractivity contribution in [3.63, 3.8) is 0 Å². The van der Waals surface area contributed by atoms with Crippen LogP contribution in [0.4, 0.5) is 16.5 Å². The van der Waals surface area contributed by atoms with Crippen LogP contribution in [-0.2, 0) is 0 Å². The number of rotatable bonds is 3. The fraction of sp³-hybridized carbons (Fsp3) is 0. The van der Waals surface area contributed by atoms with Crippen molar-refractivity contribution in [2.24, 2.45) is 4.99 Å². The van der Waals surface area contributed by atoms with Gasteiger partial charge in [0.15, 0.2) is 5.13 Å². The van der Waals surface area contributed by atoms with E-state index in [1.165, 1.54) is 20.7 Å². The van der Waals surface area contributed by atoms with Gasteiger partial charge in [0.05, 0.1) is 5.69 Å². The van der Waals surface area contributed by atoms with E-state index >= 15 is 0 Å². The van der Waals surface area contributed by atoms with E-state index in [4.69, 9.17) is 23.2 Å². The normalized spacial score (nSPS) is 11.6. The molecule has 21 heavy (non-hydrogen) atoms. The van der Waals surface area contributed by atoms with Crippen LogP contribution < -0.4 is 10.1 Å². The number of benzene rings is 2. The second kappa shape index (κ2) is 6.58. The highest BCUT2D eigenvalue weighted by Gasteiger charge is 2.00. The predicted octanol–water partition coefficient (Wildman–Crippen LogP) is 5.49. The first kappa shape index (κ1) is 14.5. The largest absolute Gasteiger partial charge is 0.331 e. The van der Waals surface area contributed by atoms with E-state index < -0.39 is 0 Å². The second-order valence-electron chi connectivity index (χ2n) is 4.09. The average molecular weight is 354 g/mol. The molecule has 3 rings (SSSR count). The fourth-order valence-electron chi connectivity index (χ4n) is 1.61. The van der Waals surface area contributed by atoms with Crippen LogP contribution in [0, 0.1) is 0 Å². The highest BCUT2D eigenvalue weighted by Crippen LogP contribution is 2.22. The molecule has 1 heterocycles. The Morgan fingerprint density at radius 3 is 2.52 bits per heavy atom. The number of halogens is 2. The molecule has 0 bridgehead atoms. The van der Waals surface area contributed by atoms with Crippen LogP contribution in [0.25, 0.3) is 0 Å². The van der Waals surface area contributed by atoms with Crippen molar-refractivity contribution < 1.29 is 0 Å². The maximum absolute atomic E-state index is 5.95. The Hall–Kier alpha value is -1.40. The van der Waals surface area contributed by atoms with Crippen LogP contribution >= 0.6 is 43.9 Å². The lowest BCUT2D eigenvalue weighted by Gasteiger charge is -2.01. The molecular formula is C14H9Cl2N3S2. The van der Waals surface area contributed by atoms with Gasteiger partial charge in [-0.25, -0.2) is 4.99 Å². The Morgan fingerprint density at radius 1 is 0.952 bits per heavy atom. The topological polar surface area (TPSA) is 37.3 Å². The number of nitrogens with zero attached hydrogens (tertiary/aromatic N) is 2. The van der Waals surface area contributed by atoms with Gasteiger partial charge in [0.25, 0.3) is 0 Å². The van der Waals surface area contributed by atoms with Gasteiger partial charge in [-0.05, 0) is 63.1 Å². The van der Waals surface area contributed by atoms with Crippen molar-refractivity contribution >= 4 is 60.4 Å². The number of aromatic nitrogens is 1. The van der Waals surface area contributed by atoms with Crippen molar-refractivity contribution in [1.82, 2.24) is 4.98 Å². The van der Waals surface area contributed by atoms with Gasteiger partial charge in [0, 0.05) is 15.7 Å². The van der Waals surface area contributed by atoms with Gasteiger partial charge in [-0.2, -0.15) is 4.98 Å². The lowest BCUT2D eigenvalue weighted by atomic mass is 10.3. The van der Waals surface area contributed by atoms with Gasteiger partial charge < -0.3 is 5.32 Å². The molecule has 0 radical (unpaired) electrons. The summed E-state index contributed by atoms with van der Waals surface area (Å²) >= 11 is 11.8. The number of hydrogen-bond donors (Lipinski definition) is 1. The lowest BCUT2D eigenvalue weighted by Crippen LogP contribution is -1.98. The molecule has 3 aromatic rings. The van der Waals surface area contributed by atoms with Gasteiger partial charge in [-0.1, -0.05) is 29.3 Å². The first-order chi connectivity index (χ1) is 10.2. The summed E-state index contributed by atoms with van der Waals surface area (Å²) in [4.78, 5) is 9.59. The zero-order chi connectivity index (χ0) is 14.7. The lowest BCUT2D eigenvalue weighted by molar-refractivity contribution is 1.24. The van der Waals surface area contributed by atoms with Gasteiger partial charge in [0.1, 0.15) is 0 Å². The minimum absolute atomic E-state index is 0.686. The molecule has 0 unspecified atom stereocenters. The molecule has 0 saturated heterocycles. The van der Waals surface area contributed by atoms with Gasteiger partial charge in [-0.15, -0.1) is 0 Å². The smallest absolute Gasteiger partial charge is 0.222 e. The highest BCUT2D eigenvalue weighted by atomic mass is 35.5. The van der Waals surface area contributed by atoms with Crippen molar-refractivity contribution in [3.05, 3.63) is 63.4 Å². The van der Waals surface area contributed by atoms with E-state index in [1.54, 1.807) is 0 Å². The Labute approximate surface area is 138 Å². The molecule has 0 aliphatic heterocycles. The molecule has 7 heteroatoms. The van der Waals surface area contributed by atoms with Crippen LogP contribution in [0.2, 0.25) is 10.0 Å². The van der Waals surface area contributed by atoms with Gasteiger partial charge >= 0.3 is 0 Å². The summed E-state index contributed by atoms with van der Waals surface area (Å²) in [6.07, 6.45) is 0. The minimum atomic E-state index is 0.686. The Morgan fingerprint density at radius 2 is 1.76 bits per heavy atom. The van der Waals surface area contributed by atoms with Gasteiger partial charge in [-0.3, -0.25) is 0 Å². The van der Waals surface area contributed by atoms with Crippen molar-refractivity contribution in [2.45, 2.75) is 0 Å². The molecular weight excluding hydrogens is 345 g/mol. The highest BCUT2D eigenvalue weighted by molar-refractivity contribution is 7.69. The van der Waals surface area contributed by atoms with Crippen molar-refractivity contribution in [3.8, 4) is 0 Å². The predicted molar refractivity (Wildman–Crippen MR) is 91.4 cm³/mol. The van der Waals surface area contributed by atoms with Crippen LogP contribution in [0.3, 0.4) is 0 Å². The molecule has 106 valence electrons. The summed E-state index contributed by atoms with van der Waals surface area (Å²) in [5, 5.41) is 5.38. The third kappa shape index (κ3) is 4.04. The van der Waals surface area contributed by atoms with E-state index in [0.29, 0.717) is 14.8 Å². The Kier molecular flexibility index (Phi) is 4.55. The molecule has 0 fully saturated rings. The van der Waals surface area contributed by atoms with Crippen molar-refractivity contribution in [1.29, 1.82) is 0 Å². The zero-order valence-electron chi connectivity index (χ0n) is 10.6. The molecule has 0 aliphatic carbocycles. The van der Waals surface area contributed by atoms with E-state index in [1.807, 2.05) is 48.5 Å². The van der Waals surface area contributed by atoms with Crippen LogP contribution in [0.5, 0.6) is 0 Å². The molecule has 0 spiro atoms. The number of nitrogens with one attached hydrogen (secondary N) is 1. The molecule has 0 amide bonds. The van der Waals surface area contributed by atoms with Crippen LogP contribution in [-0.4, -0.2) is 4.98 Å². The maximum atomic E-state index is 5.95. The Bertz CT molecular complexity index is 809. The molecule has 1 aromatic heterocycles. The number of anilines is 2. The first-order valence-electron chi connectivity index (χ1n) is 5.99. The van der Waals surface area contributed by atoms with Crippen LogP contribution in [0.15, 0.2) is 53.5 Å². The Balaban J connectivity index is 1.81. The van der Waals surface area contributed by atoms with E-state index in [-0.39, 0.29) is 0 Å². The second-order valence-corrected chi connectivity index (χ2v) is 7.05. The number of hydrogen-bond acceptors (Lipinski definition) is 5. The summed E-state index contributed by atoms with van der Waals surface area (Å²) in [6, 6.07) is 14.8. The third-order valence-electron chi connectivity index (χ3n) is 2.52. The van der Waals surface area contributed by atoms with E-state index in [0.717, 1.165) is 16.5 Å². The fourth-order valence-corrected chi connectivity index (χ4v) is 3.61. The summed E-state index contributed by atoms with van der Waals surface area (Å²) in [5.74, 6) is 0. The monoisotopic (exact) mass is 353 g/mol. The quantitative estimate of drug-likeness (QED) is 0.632. The molecule has 0 atom stereocenters. The summed E-state index contributed by atoms with van der Waals surface area (Å²) < 4.78 is 0. The van der Waals surface area contributed by atoms with E-state index in [9.17, 15) is 0 Å². The van der Waals surface area contributed by atoms with Crippen LogP contribution in [0.1, 0.15) is 0 Å². The SMILES string of the molecule is Clc1ccc(N=c2nc(Nc3cccc(Cl)c3)ss2)cc1. The van der Waals surface area contributed by atoms with E-state index in [2.05, 4.69) is 15.3 Å². The van der Waals surface area contributed by atoms with Crippen molar-refractivity contribution in [2.75, 3.05) is 5.32 Å². The molecule has 0 saturated carbocycles. The minimum Gasteiger partial charge on any atom is -0.331 e. The summed E-state index contributed by atoms with van der Waals surface area (Å²) in [6.45, 7) is 0. The maximum Gasteiger partial charge on any atom is 0.222 e. The molecule has 1 N–H and O–H groups in total. The third-order valence-corrected chi connectivity index (χ3v) is 4.94. The summed E-state index contributed by atoms with van der Waals surface area (Å²) in [5.41, 5.74) is 1.73.